The van der Waals surface area contributed by atoms with Gasteiger partial charge in [-0.25, -0.2) is 4.39 Å². The zero-order chi connectivity index (χ0) is 18.8. The maximum absolute atomic E-state index is 13.5. The number of ketones is 1. The molecule has 2 aliphatic rings. The largest absolute Gasteiger partial charge is 0.380 e. The first-order valence-electron chi connectivity index (χ1n) is 9.26. The lowest BCUT2D eigenvalue weighted by Gasteiger charge is -2.35. The normalized spacial score (nSPS) is 19.6. The van der Waals surface area contributed by atoms with E-state index in [-0.39, 0.29) is 17.5 Å². The molecule has 0 saturated heterocycles. The van der Waals surface area contributed by atoms with Gasteiger partial charge in [0.1, 0.15) is 5.82 Å². The van der Waals surface area contributed by atoms with Gasteiger partial charge in [-0.3, -0.25) is 9.78 Å². The Morgan fingerprint density at radius 1 is 1.22 bits per heavy atom. The highest BCUT2D eigenvalue weighted by molar-refractivity contribution is 5.99. The third-order valence-corrected chi connectivity index (χ3v) is 5.26. The van der Waals surface area contributed by atoms with E-state index in [2.05, 4.69) is 15.6 Å². The molecule has 138 valence electrons. The molecular weight excluding hydrogens is 341 g/mol. The number of Topliss-reactive ketones (excluding diaryl/α,β-unsaturated/α-hetero) is 1. The number of benzene rings is 1. The second-order valence-electron chi connectivity index (χ2n) is 7.02. The summed E-state index contributed by atoms with van der Waals surface area (Å²) in [4.78, 5) is 16.9. The van der Waals surface area contributed by atoms with E-state index < -0.39 is 0 Å². The van der Waals surface area contributed by atoms with Crippen molar-refractivity contribution in [2.45, 2.75) is 32.1 Å². The maximum atomic E-state index is 13.5. The average molecular weight is 363 g/mol. The van der Waals surface area contributed by atoms with Crippen molar-refractivity contribution in [3.8, 4) is 0 Å². The lowest BCUT2D eigenvalue weighted by Crippen LogP contribution is -2.33. The lowest BCUT2D eigenvalue weighted by molar-refractivity contribution is -0.116. The van der Waals surface area contributed by atoms with Gasteiger partial charge in [-0.2, -0.15) is 0 Å². The molecule has 0 bridgehead atoms. The highest BCUT2D eigenvalue weighted by Gasteiger charge is 2.35. The van der Waals surface area contributed by atoms with Crippen LogP contribution in [0.4, 0.5) is 10.1 Å². The van der Waals surface area contributed by atoms with Gasteiger partial charge in [-0.05, 0) is 55.2 Å². The van der Waals surface area contributed by atoms with Crippen LogP contribution in [0.2, 0.25) is 0 Å². The molecule has 5 heteroatoms. The Kier molecular flexibility index (Phi) is 4.75. The zero-order valence-corrected chi connectivity index (χ0v) is 15.3. The summed E-state index contributed by atoms with van der Waals surface area (Å²) in [5, 5.41) is 6.85. The summed E-state index contributed by atoms with van der Waals surface area (Å²) in [6.07, 6.45) is 5.82. The van der Waals surface area contributed by atoms with Crippen LogP contribution in [0.1, 0.15) is 37.7 Å². The van der Waals surface area contributed by atoms with Gasteiger partial charge in [0, 0.05) is 48.2 Å². The van der Waals surface area contributed by atoms with Crippen molar-refractivity contribution in [2.24, 2.45) is 0 Å². The van der Waals surface area contributed by atoms with E-state index in [1.54, 1.807) is 24.5 Å². The van der Waals surface area contributed by atoms with Crippen LogP contribution in [0.15, 0.2) is 71.3 Å². The van der Waals surface area contributed by atoms with E-state index in [1.165, 1.54) is 12.1 Å². The number of hydrogen-bond acceptors (Lipinski definition) is 4. The third-order valence-electron chi connectivity index (χ3n) is 5.26. The fourth-order valence-electron chi connectivity index (χ4n) is 3.95. The molecule has 2 N–H and O–H groups in total. The van der Waals surface area contributed by atoms with Crippen molar-refractivity contribution in [3.63, 3.8) is 0 Å². The Balaban J connectivity index is 1.72. The fourth-order valence-corrected chi connectivity index (χ4v) is 3.95. The smallest absolute Gasteiger partial charge is 0.161 e. The molecular formula is C22H22FN3O. The van der Waals surface area contributed by atoms with Gasteiger partial charge in [0.2, 0.25) is 0 Å². The van der Waals surface area contributed by atoms with Crippen molar-refractivity contribution in [1.82, 2.24) is 10.3 Å². The van der Waals surface area contributed by atoms with Crippen LogP contribution >= 0.6 is 0 Å². The SMILES string of the molecule is CC1=C(CNc2cccnc2)[C@H](c2ccc(F)cc2)C2=C(CCCC2=O)N1. The minimum Gasteiger partial charge on any atom is -0.380 e. The van der Waals surface area contributed by atoms with Crippen molar-refractivity contribution in [2.75, 3.05) is 11.9 Å². The highest BCUT2D eigenvalue weighted by atomic mass is 19.1. The first-order valence-corrected chi connectivity index (χ1v) is 9.26. The summed E-state index contributed by atoms with van der Waals surface area (Å²) in [6, 6.07) is 10.3. The molecule has 1 aliphatic carbocycles. The van der Waals surface area contributed by atoms with Gasteiger partial charge in [0.05, 0.1) is 5.69 Å². The van der Waals surface area contributed by atoms with Crippen molar-refractivity contribution >= 4 is 11.5 Å². The minimum atomic E-state index is -0.271. The first kappa shape index (κ1) is 17.5. The number of rotatable bonds is 4. The number of pyridine rings is 1. The molecule has 4 nitrogen and oxygen atoms in total. The number of nitrogens with one attached hydrogen (secondary N) is 2. The summed E-state index contributed by atoms with van der Waals surface area (Å²) < 4.78 is 13.5. The summed E-state index contributed by atoms with van der Waals surface area (Å²) in [7, 11) is 0. The second kappa shape index (κ2) is 7.35. The number of anilines is 1. The Labute approximate surface area is 158 Å². The molecule has 1 aromatic carbocycles. The number of dihydropyridines is 1. The fraction of sp³-hybridized carbons (Fsp3) is 0.273. The van der Waals surface area contributed by atoms with Gasteiger partial charge in [0.25, 0.3) is 0 Å². The maximum Gasteiger partial charge on any atom is 0.161 e. The standard InChI is InChI=1S/C22H22FN3O/c1-14-18(13-25-17-4-3-11-24-12-17)21(15-7-9-16(23)10-8-15)22-19(26-14)5-2-6-20(22)27/h3-4,7-12,21,25-26H,2,5-6,13H2,1H3/t21-/m0/s1. The topological polar surface area (TPSA) is 54.0 Å². The average Bonchev–Trinajstić information content (AvgIpc) is 2.68. The molecule has 0 unspecified atom stereocenters. The number of nitrogens with zero attached hydrogens (tertiary/aromatic N) is 1. The van der Waals surface area contributed by atoms with E-state index >= 15 is 0 Å². The highest BCUT2D eigenvalue weighted by Crippen LogP contribution is 2.42. The van der Waals surface area contributed by atoms with E-state index in [9.17, 15) is 9.18 Å². The number of aromatic nitrogens is 1. The molecule has 27 heavy (non-hydrogen) atoms. The Morgan fingerprint density at radius 3 is 2.78 bits per heavy atom. The van der Waals surface area contributed by atoms with Crippen LogP contribution in [0.3, 0.4) is 0 Å². The molecule has 0 amide bonds. The first-order chi connectivity index (χ1) is 13.1. The van der Waals surface area contributed by atoms with E-state index in [1.807, 2.05) is 19.1 Å². The van der Waals surface area contributed by atoms with Crippen LogP contribution in [0.25, 0.3) is 0 Å². The van der Waals surface area contributed by atoms with E-state index in [0.29, 0.717) is 13.0 Å². The van der Waals surface area contributed by atoms with Crippen molar-refractivity contribution in [1.29, 1.82) is 0 Å². The number of carbonyl (C=O) groups is 1. The monoisotopic (exact) mass is 363 g/mol. The molecule has 1 atom stereocenters. The van der Waals surface area contributed by atoms with Crippen LogP contribution < -0.4 is 10.6 Å². The molecule has 0 spiro atoms. The van der Waals surface area contributed by atoms with E-state index in [4.69, 9.17) is 0 Å². The van der Waals surface area contributed by atoms with Crippen LogP contribution in [-0.4, -0.2) is 17.3 Å². The molecule has 0 saturated carbocycles. The van der Waals surface area contributed by atoms with Gasteiger partial charge in [-0.15, -0.1) is 0 Å². The number of halogens is 1. The van der Waals surface area contributed by atoms with Crippen molar-refractivity contribution < 1.29 is 9.18 Å². The molecule has 1 aromatic heterocycles. The second-order valence-corrected chi connectivity index (χ2v) is 7.02. The molecule has 1 aliphatic heterocycles. The van der Waals surface area contributed by atoms with Crippen LogP contribution in [0.5, 0.6) is 0 Å². The summed E-state index contributed by atoms with van der Waals surface area (Å²) in [5.74, 6) is -0.240. The van der Waals surface area contributed by atoms with Crippen molar-refractivity contribution in [3.05, 3.63) is 82.7 Å². The van der Waals surface area contributed by atoms with Crippen LogP contribution in [-0.2, 0) is 4.79 Å². The predicted octanol–water partition coefficient (Wildman–Crippen LogP) is 4.30. The molecule has 0 fully saturated rings. The number of hydrogen-bond donors (Lipinski definition) is 2. The van der Waals surface area contributed by atoms with Gasteiger partial charge >= 0.3 is 0 Å². The summed E-state index contributed by atoms with van der Waals surface area (Å²) >= 11 is 0. The number of carbonyl (C=O) groups excluding carboxylic acids is 1. The summed E-state index contributed by atoms with van der Waals surface area (Å²) in [6.45, 7) is 2.62. The molecule has 2 heterocycles. The van der Waals surface area contributed by atoms with E-state index in [0.717, 1.165) is 46.6 Å². The van der Waals surface area contributed by atoms with Crippen LogP contribution in [0, 0.1) is 5.82 Å². The molecule has 4 rings (SSSR count). The van der Waals surface area contributed by atoms with Gasteiger partial charge in [0.15, 0.2) is 5.78 Å². The Morgan fingerprint density at radius 2 is 2.04 bits per heavy atom. The lowest BCUT2D eigenvalue weighted by atomic mass is 9.75. The third kappa shape index (κ3) is 3.50. The van der Waals surface area contributed by atoms with Gasteiger partial charge < -0.3 is 10.6 Å². The number of allylic oxidation sites excluding steroid dienone is 3. The molecule has 2 aromatic rings. The summed E-state index contributed by atoms with van der Waals surface area (Å²) in [5.41, 5.74) is 5.87. The predicted molar refractivity (Wildman–Crippen MR) is 104 cm³/mol. The Hall–Kier alpha value is -2.95. The van der Waals surface area contributed by atoms with Gasteiger partial charge in [-0.1, -0.05) is 12.1 Å². The molecule has 0 radical (unpaired) electrons. The zero-order valence-electron chi connectivity index (χ0n) is 15.3. The quantitative estimate of drug-likeness (QED) is 0.850. The Bertz CT molecular complexity index is 916. The minimum absolute atomic E-state index is 0.154.